The summed E-state index contributed by atoms with van der Waals surface area (Å²) in [6.45, 7) is 0. The summed E-state index contributed by atoms with van der Waals surface area (Å²) in [6, 6.07) is 7.72. The molecule has 3 aromatic heterocycles. The van der Waals surface area contributed by atoms with E-state index in [4.69, 9.17) is 5.73 Å². The van der Waals surface area contributed by atoms with Crippen LogP contribution in [0.2, 0.25) is 0 Å². The lowest BCUT2D eigenvalue weighted by Gasteiger charge is -2.02. The highest BCUT2D eigenvalue weighted by molar-refractivity contribution is 9.10. The number of nitrogens with two attached hydrogens (primary N) is 1. The van der Waals surface area contributed by atoms with Gasteiger partial charge in [0.1, 0.15) is 16.5 Å². The van der Waals surface area contributed by atoms with E-state index in [1.165, 1.54) is 29.5 Å². The van der Waals surface area contributed by atoms with Crippen molar-refractivity contribution < 1.29 is 13.8 Å². The van der Waals surface area contributed by atoms with Crippen LogP contribution in [0.3, 0.4) is 0 Å². The number of benzene rings is 1. The van der Waals surface area contributed by atoms with Gasteiger partial charge in [0.25, 0.3) is 5.91 Å². The Morgan fingerprint density at radius 3 is 2.80 bits per heavy atom. The van der Waals surface area contributed by atoms with Gasteiger partial charge >= 0.3 is 0 Å². The highest BCUT2D eigenvalue weighted by atomic mass is 79.9. The molecule has 0 aliphatic carbocycles. The monoisotopic (exact) mass is 487 g/mol. The van der Waals surface area contributed by atoms with E-state index in [1.807, 2.05) is 0 Å². The van der Waals surface area contributed by atoms with Crippen LogP contribution in [-0.4, -0.2) is 32.0 Å². The first-order valence-corrected chi connectivity index (χ1v) is 9.98. The predicted molar refractivity (Wildman–Crippen MR) is 112 cm³/mol. The SMILES string of the molecule is NC(=Nc1ccc(F)c(Br)c1)c1nonc1NC(=O)c1csc(-c2ccncc2)n1. The minimum atomic E-state index is -0.513. The molecule has 150 valence electrons. The van der Waals surface area contributed by atoms with Crippen LogP contribution in [0.25, 0.3) is 10.6 Å². The van der Waals surface area contributed by atoms with E-state index in [9.17, 15) is 9.18 Å². The Kier molecular flexibility index (Phi) is 5.59. The van der Waals surface area contributed by atoms with Crippen LogP contribution in [0.1, 0.15) is 16.2 Å². The zero-order chi connectivity index (χ0) is 21.1. The Bertz CT molecular complexity index is 1240. The Balaban J connectivity index is 1.53. The van der Waals surface area contributed by atoms with Gasteiger partial charge in [-0.3, -0.25) is 9.78 Å². The smallest absolute Gasteiger partial charge is 0.276 e. The molecule has 12 heteroatoms. The fourth-order valence-corrected chi connectivity index (χ4v) is 3.53. The van der Waals surface area contributed by atoms with Gasteiger partial charge in [-0.25, -0.2) is 19.0 Å². The van der Waals surface area contributed by atoms with Crippen molar-refractivity contribution in [2.45, 2.75) is 0 Å². The maximum Gasteiger partial charge on any atom is 0.276 e. The van der Waals surface area contributed by atoms with Gasteiger partial charge < -0.3 is 11.1 Å². The number of pyridine rings is 1. The van der Waals surface area contributed by atoms with Gasteiger partial charge in [-0.15, -0.1) is 11.3 Å². The predicted octanol–water partition coefficient (Wildman–Crippen LogP) is 3.78. The summed E-state index contributed by atoms with van der Waals surface area (Å²) in [5.41, 5.74) is 7.42. The zero-order valence-corrected chi connectivity index (χ0v) is 17.3. The summed E-state index contributed by atoms with van der Waals surface area (Å²) in [7, 11) is 0. The first kappa shape index (κ1) is 19.8. The van der Waals surface area contributed by atoms with Gasteiger partial charge in [0.2, 0.25) is 5.82 Å². The van der Waals surface area contributed by atoms with Crippen molar-refractivity contribution in [2.24, 2.45) is 10.7 Å². The topological polar surface area (TPSA) is 132 Å². The second kappa shape index (κ2) is 8.47. The molecule has 30 heavy (non-hydrogen) atoms. The first-order valence-electron chi connectivity index (χ1n) is 8.30. The molecule has 0 radical (unpaired) electrons. The van der Waals surface area contributed by atoms with E-state index >= 15 is 0 Å². The Morgan fingerprint density at radius 2 is 2.03 bits per heavy atom. The number of aliphatic imine (C=N–C) groups is 1. The van der Waals surface area contributed by atoms with E-state index in [1.54, 1.807) is 29.9 Å². The molecule has 0 aliphatic rings. The third-order valence-electron chi connectivity index (χ3n) is 3.78. The van der Waals surface area contributed by atoms with Gasteiger partial charge in [0.05, 0.1) is 10.2 Å². The number of carbonyl (C=O) groups is 1. The lowest BCUT2D eigenvalue weighted by Crippen LogP contribution is -2.19. The maximum atomic E-state index is 13.4. The van der Waals surface area contributed by atoms with Crippen molar-refractivity contribution in [3.8, 4) is 10.6 Å². The molecule has 1 aromatic carbocycles. The maximum absolute atomic E-state index is 13.4. The van der Waals surface area contributed by atoms with Crippen molar-refractivity contribution in [3.05, 3.63) is 69.8 Å². The first-order chi connectivity index (χ1) is 14.5. The molecule has 4 aromatic rings. The number of anilines is 1. The van der Waals surface area contributed by atoms with E-state index in [0.29, 0.717) is 10.7 Å². The number of amidine groups is 1. The van der Waals surface area contributed by atoms with Crippen LogP contribution in [0.15, 0.2) is 62.2 Å². The third-order valence-corrected chi connectivity index (χ3v) is 5.28. The minimum absolute atomic E-state index is 0.0131. The second-order valence-corrected chi connectivity index (χ2v) is 7.50. The fourth-order valence-electron chi connectivity index (χ4n) is 2.36. The van der Waals surface area contributed by atoms with Crippen LogP contribution in [0, 0.1) is 5.82 Å². The van der Waals surface area contributed by atoms with Gasteiger partial charge in [-0.05, 0) is 56.6 Å². The number of aromatic nitrogens is 4. The molecular formula is C18H11BrFN7O2S. The fraction of sp³-hybridized carbons (Fsp3) is 0. The summed E-state index contributed by atoms with van der Waals surface area (Å²) < 4.78 is 18.3. The molecule has 1 amide bonds. The lowest BCUT2D eigenvalue weighted by molar-refractivity contribution is 0.102. The molecule has 0 saturated carbocycles. The van der Waals surface area contributed by atoms with Crippen LogP contribution >= 0.6 is 27.3 Å². The Labute approximate surface area is 181 Å². The number of hydrogen-bond donors (Lipinski definition) is 2. The Hall–Kier alpha value is -3.51. The quantitative estimate of drug-likeness (QED) is 0.323. The molecule has 3 N–H and O–H groups in total. The average molecular weight is 488 g/mol. The number of halogens is 2. The molecule has 0 unspecified atom stereocenters. The van der Waals surface area contributed by atoms with Gasteiger partial charge in [-0.2, -0.15) is 0 Å². The summed E-state index contributed by atoms with van der Waals surface area (Å²) in [6.07, 6.45) is 3.29. The molecule has 3 heterocycles. The molecule has 0 aliphatic heterocycles. The molecule has 0 atom stereocenters. The van der Waals surface area contributed by atoms with Crippen LogP contribution < -0.4 is 11.1 Å². The molecule has 0 spiro atoms. The van der Waals surface area contributed by atoms with Gasteiger partial charge in [0.15, 0.2) is 11.5 Å². The number of hydrogen-bond acceptors (Lipinski definition) is 8. The number of rotatable bonds is 5. The van der Waals surface area contributed by atoms with E-state index in [2.05, 4.69) is 51.1 Å². The summed E-state index contributed by atoms with van der Waals surface area (Å²) in [5, 5.41) is 12.2. The number of amides is 1. The summed E-state index contributed by atoms with van der Waals surface area (Å²) in [4.78, 5) is 25.0. The van der Waals surface area contributed by atoms with E-state index in [-0.39, 0.29) is 27.5 Å². The lowest BCUT2D eigenvalue weighted by atomic mass is 10.3. The zero-order valence-electron chi connectivity index (χ0n) is 14.9. The third kappa shape index (κ3) is 4.23. The molecule has 0 bridgehead atoms. The number of nitrogens with zero attached hydrogens (tertiary/aromatic N) is 5. The van der Waals surface area contributed by atoms with Gasteiger partial charge in [0, 0.05) is 23.3 Å². The molecule has 9 nitrogen and oxygen atoms in total. The highest BCUT2D eigenvalue weighted by Gasteiger charge is 2.19. The van der Waals surface area contributed by atoms with Crippen LogP contribution in [0.5, 0.6) is 0 Å². The van der Waals surface area contributed by atoms with Crippen molar-refractivity contribution in [1.82, 2.24) is 20.3 Å². The molecule has 4 rings (SSSR count). The van der Waals surface area contributed by atoms with Gasteiger partial charge in [-0.1, -0.05) is 0 Å². The van der Waals surface area contributed by atoms with Crippen molar-refractivity contribution in [3.63, 3.8) is 0 Å². The van der Waals surface area contributed by atoms with Crippen LogP contribution in [-0.2, 0) is 0 Å². The Morgan fingerprint density at radius 1 is 1.23 bits per heavy atom. The van der Waals surface area contributed by atoms with Crippen molar-refractivity contribution >= 4 is 50.5 Å². The molecular weight excluding hydrogens is 477 g/mol. The summed E-state index contributed by atoms with van der Waals surface area (Å²) in [5.74, 6) is -1.03. The number of thiazole rings is 1. The second-order valence-electron chi connectivity index (χ2n) is 5.78. The largest absolute Gasteiger partial charge is 0.382 e. The van der Waals surface area contributed by atoms with E-state index in [0.717, 1.165) is 5.56 Å². The standard InChI is InChI=1S/C18H11BrFN7O2S/c19-11-7-10(1-2-12(11)20)23-15(21)14-16(27-29-26-14)25-17(28)13-8-30-18(24-13)9-3-5-22-6-4-9/h1-8H,(H2,21,23)(H,25,27,28). The number of carbonyl (C=O) groups excluding carboxylic acids is 1. The molecule has 0 saturated heterocycles. The summed E-state index contributed by atoms with van der Waals surface area (Å²) >= 11 is 4.39. The van der Waals surface area contributed by atoms with Crippen molar-refractivity contribution in [2.75, 3.05) is 5.32 Å². The molecule has 0 fully saturated rings. The number of nitrogens with one attached hydrogen (secondary N) is 1. The normalized spacial score (nSPS) is 11.5. The van der Waals surface area contributed by atoms with Crippen LogP contribution in [0.4, 0.5) is 15.9 Å². The van der Waals surface area contributed by atoms with Crippen molar-refractivity contribution in [1.29, 1.82) is 0 Å². The van der Waals surface area contributed by atoms with E-state index < -0.39 is 11.7 Å². The highest BCUT2D eigenvalue weighted by Crippen LogP contribution is 2.25. The average Bonchev–Trinajstić information content (AvgIpc) is 3.41. The minimum Gasteiger partial charge on any atom is -0.382 e.